The largest absolute Gasteiger partial charge is 0.346 e. The van der Waals surface area contributed by atoms with Crippen molar-refractivity contribution in [2.45, 2.75) is 46.0 Å². The van der Waals surface area contributed by atoms with E-state index in [1.165, 1.54) is 0 Å². The van der Waals surface area contributed by atoms with Gasteiger partial charge in [0.05, 0.1) is 0 Å². The van der Waals surface area contributed by atoms with Crippen molar-refractivity contribution >= 4 is 12.3 Å². The number of nitrogens with zero attached hydrogens (tertiary/aromatic N) is 3. The zero-order chi connectivity index (χ0) is 16.9. The summed E-state index contributed by atoms with van der Waals surface area (Å²) in [6.45, 7) is 9.78. The van der Waals surface area contributed by atoms with Crippen molar-refractivity contribution in [2.24, 2.45) is 11.3 Å². The molecule has 0 atom stereocenters. The maximum atomic E-state index is 12.7. The van der Waals surface area contributed by atoms with E-state index >= 15 is 0 Å². The molecule has 5 nitrogen and oxygen atoms in total. The van der Waals surface area contributed by atoms with Gasteiger partial charge >= 0.3 is 0 Å². The van der Waals surface area contributed by atoms with Crippen LogP contribution in [0.2, 0.25) is 0 Å². The minimum absolute atomic E-state index is 0.237. The van der Waals surface area contributed by atoms with Gasteiger partial charge in [-0.15, -0.1) is 0 Å². The molecule has 0 aromatic rings. The number of rotatable bonds is 6. The van der Waals surface area contributed by atoms with Gasteiger partial charge in [-0.3, -0.25) is 9.59 Å². The highest BCUT2D eigenvalue weighted by molar-refractivity contribution is 5.79. The number of amides is 2. The van der Waals surface area contributed by atoms with E-state index in [-0.39, 0.29) is 11.3 Å². The molecular formula is C18H33N3O2. The highest BCUT2D eigenvalue weighted by Gasteiger charge is 2.34. The lowest BCUT2D eigenvalue weighted by molar-refractivity contribution is -0.139. The molecule has 2 amide bonds. The van der Waals surface area contributed by atoms with Crippen molar-refractivity contribution in [2.75, 3.05) is 46.3 Å². The molecule has 2 fully saturated rings. The number of likely N-dealkylation sites (tertiary alicyclic amines) is 2. The fourth-order valence-corrected chi connectivity index (χ4v) is 3.73. The molecule has 0 bridgehead atoms. The molecule has 2 aliphatic heterocycles. The van der Waals surface area contributed by atoms with E-state index in [0.717, 1.165) is 77.8 Å². The van der Waals surface area contributed by atoms with E-state index in [1.54, 1.807) is 0 Å². The van der Waals surface area contributed by atoms with Gasteiger partial charge in [0.25, 0.3) is 0 Å². The summed E-state index contributed by atoms with van der Waals surface area (Å²) in [7, 11) is 2.13. The fraction of sp³-hybridized carbons (Fsp3) is 0.889. The summed E-state index contributed by atoms with van der Waals surface area (Å²) < 4.78 is 0. The highest BCUT2D eigenvalue weighted by Crippen LogP contribution is 2.35. The number of hydrogen-bond acceptors (Lipinski definition) is 3. The maximum absolute atomic E-state index is 12.7. The summed E-state index contributed by atoms with van der Waals surface area (Å²) in [6.07, 6.45) is 6.11. The van der Waals surface area contributed by atoms with Crippen LogP contribution in [0, 0.1) is 11.3 Å². The van der Waals surface area contributed by atoms with E-state index in [4.69, 9.17) is 0 Å². The Kier molecular flexibility index (Phi) is 6.45. The summed E-state index contributed by atoms with van der Waals surface area (Å²) in [5.74, 6) is 0.615. The van der Waals surface area contributed by atoms with Gasteiger partial charge in [0, 0.05) is 32.1 Å². The second kappa shape index (κ2) is 8.13. The first kappa shape index (κ1) is 18.2. The Labute approximate surface area is 141 Å². The van der Waals surface area contributed by atoms with E-state index in [1.807, 2.05) is 11.8 Å². The average molecular weight is 323 g/mol. The monoisotopic (exact) mass is 323 g/mol. The molecule has 0 N–H and O–H groups in total. The van der Waals surface area contributed by atoms with Crippen molar-refractivity contribution < 1.29 is 9.59 Å². The molecule has 2 heterocycles. The van der Waals surface area contributed by atoms with Gasteiger partial charge in [-0.05, 0) is 64.6 Å². The second-order valence-corrected chi connectivity index (χ2v) is 7.70. The van der Waals surface area contributed by atoms with Crippen LogP contribution in [0.4, 0.5) is 0 Å². The predicted molar refractivity (Wildman–Crippen MR) is 92.1 cm³/mol. The Hall–Kier alpha value is -1.10. The van der Waals surface area contributed by atoms with E-state index in [2.05, 4.69) is 23.8 Å². The van der Waals surface area contributed by atoms with Crippen LogP contribution >= 0.6 is 0 Å². The molecule has 0 unspecified atom stereocenters. The lowest BCUT2D eigenvalue weighted by atomic mass is 9.77. The number of piperidine rings is 2. The summed E-state index contributed by atoms with van der Waals surface area (Å²) in [5, 5.41) is 0. The Bertz CT molecular complexity index is 397. The smallest absolute Gasteiger partial charge is 0.225 e. The van der Waals surface area contributed by atoms with Gasteiger partial charge in [0.2, 0.25) is 12.3 Å². The van der Waals surface area contributed by atoms with Crippen molar-refractivity contribution in [3.8, 4) is 0 Å². The molecule has 5 heteroatoms. The molecule has 2 rings (SSSR count). The van der Waals surface area contributed by atoms with Gasteiger partial charge in [0.1, 0.15) is 0 Å². The quantitative estimate of drug-likeness (QED) is 0.701. The summed E-state index contributed by atoms with van der Waals surface area (Å²) >= 11 is 0. The molecule has 132 valence electrons. The van der Waals surface area contributed by atoms with Gasteiger partial charge in [-0.1, -0.05) is 6.92 Å². The Balaban J connectivity index is 1.78. The van der Waals surface area contributed by atoms with Crippen LogP contribution in [0.3, 0.4) is 0 Å². The number of carbonyl (C=O) groups excluding carboxylic acids is 2. The maximum Gasteiger partial charge on any atom is 0.225 e. The minimum Gasteiger partial charge on any atom is -0.346 e. The Morgan fingerprint density at radius 2 is 1.83 bits per heavy atom. The van der Waals surface area contributed by atoms with Gasteiger partial charge < -0.3 is 14.7 Å². The first-order valence-electron chi connectivity index (χ1n) is 9.14. The number of hydrogen-bond donors (Lipinski definition) is 0. The van der Waals surface area contributed by atoms with Crippen molar-refractivity contribution in [1.82, 2.24) is 14.7 Å². The second-order valence-electron chi connectivity index (χ2n) is 7.70. The Morgan fingerprint density at radius 1 is 1.22 bits per heavy atom. The van der Waals surface area contributed by atoms with Crippen LogP contribution in [0.15, 0.2) is 0 Å². The summed E-state index contributed by atoms with van der Waals surface area (Å²) in [4.78, 5) is 29.8. The third kappa shape index (κ3) is 4.93. The van der Waals surface area contributed by atoms with E-state index < -0.39 is 0 Å². The summed E-state index contributed by atoms with van der Waals surface area (Å²) in [5.41, 5.74) is 0.264. The molecule has 0 radical (unpaired) electrons. The van der Waals surface area contributed by atoms with Crippen LogP contribution in [-0.2, 0) is 9.59 Å². The predicted octanol–water partition coefficient (Wildman–Crippen LogP) is 1.83. The van der Waals surface area contributed by atoms with E-state index in [9.17, 15) is 9.59 Å². The summed E-state index contributed by atoms with van der Waals surface area (Å²) in [6, 6.07) is 0. The van der Waals surface area contributed by atoms with Gasteiger partial charge in [0.15, 0.2) is 0 Å². The molecule has 2 aliphatic rings. The molecule has 2 saturated heterocycles. The zero-order valence-electron chi connectivity index (χ0n) is 15.1. The van der Waals surface area contributed by atoms with Crippen molar-refractivity contribution in [1.29, 1.82) is 0 Å². The van der Waals surface area contributed by atoms with Crippen LogP contribution in [0.5, 0.6) is 0 Å². The fourth-order valence-electron chi connectivity index (χ4n) is 3.73. The molecule has 0 aromatic carbocycles. The van der Waals surface area contributed by atoms with Crippen LogP contribution in [0.25, 0.3) is 0 Å². The first-order chi connectivity index (χ1) is 11.0. The average Bonchev–Trinajstić information content (AvgIpc) is 2.56. The topological polar surface area (TPSA) is 43.9 Å². The third-order valence-electron chi connectivity index (χ3n) is 5.91. The third-order valence-corrected chi connectivity index (χ3v) is 5.91. The van der Waals surface area contributed by atoms with Gasteiger partial charge in [-0.25, -0.2) is 0 Å². The van der Waals surface area contributed by atoms with Gasteiger partial charge in [-0.2, -0.15) is 0 Å². The lowest BCUT2D eigenvalue weighted by Gasteiger charge is -2.42. The molecule has 0 aliphatic carbocycles. The van der Waals surface area contributed by atoms with Crippen molar-refractivity contribution in [3.05, 3.63) is 0 Å². The van der Waals surface area contributed by atoms with Crippen LogP contribution < -0.4 is 0 Å². The van der Waals surface area contributed by atoms with Crippen LogP contribution in [-0.4, -0.2) is 73.3 Å². The molecule has 0 saturated carbocycles. The van der Waals surface area contributed by atoms with Crippen LogP contribution in [0.1, 0.15) is 46.0 Å². The van der Waals surface area contributed by atoms with E-state index in [0.29, 0.717) is 5.91 Å². The molecular weight excluding hydrogens is 290 g/mol. The number of carbonyl (C=O) groups is 2. The normalized spacial score (nSPS) is 22.8. The molecule has 0 aromatic heterocycles. The molecule has 0 spiro atoms. The SMILES string of the molecule is CCN(C=O)CCC1(C)CCN(C(=O)C2CCN(C)CC2)CC1. The first-order valence-corrected chi connectivity index (χ1v) is 9.14. The zero-order valence-corrected chi connectivity index (χ0v) is 15.1. The highest BCUT2D eigenvalue weighted by atomic mass is 16.2. The standard InChI is InChI=1S/C18H33N3O2/c1-4-20(15-22)12-7-18(2)8-13-21(14-9-18)17(23)16-5-10-19(3)11-6-16/h15-16H,4-14H2,1-3H3. The lowest BCUT2D eigenvalue weighted by Crippen LogP contribution is -2.47. The van der Waals surface area contributed by atoms with Crippen molar-refractivity contribution in [3.63, 3.8) is 0 Å². The minimum atomic E-state index is 0.237. The Morgan fingerprint density at radius 3 is 2.35 bits per heavy atom. The molecule has 23 heavy (non-hydrogen) atoms.